The van der Waals surface area contributed by atoms with Crippen molar-refractivity contribution in [2.75, 3.05) is 12.4 Å². The van der Waals surface area contributed by atoms with E-state index in [0.717, 1.165) is 36.8 Å². The van der Waals surface area contributed by atoms with E-state index in [2.05, 4.69) is 36.8 Å². The molecule has 38 heavy (non-hydrogen) atoms. The van der Waals surface area contributed by atoms with Gasteiger partial charge in [-0.05, 0) is 88.8 Å². The molecule has 0 amide bonds. The molecule has 5 rings (SSSR count). The van der Waals surface area contributed by atoms with Crippen LogP contribution < -0.4 is 14.8 Å². The summed E-state index contributed by atoms with van der Waals surface area (Å²) in [5.74, 6) is 0.987. The number of benzene rings is 2. The molecule has 200 valence electrons. The van der Waals surface area contributed by atoms with Crippen molar-refractivity contribution in [3.8, 4) is 11.5 Å². The first-order valence-corrected chi connectivity index (χ1v) is 13.8. The van der Waals surface area contributed by atoms with E-state index in [1.165, 1.54) is 6.42 Å². The Labute approximate surface area is 238 Å². The maximum absolute atomic E-state index is 13.5. The lowest BCUT2D eigenvalue weighted by atomic mass is 9.94. The van der Waals surface area contributed by atoms with Gasteiger partial charge in [-0.25, -0.2) is 4.79 Å². The number of carbonyl (C=O) groups is 1. The van der Waals surface area contributed by atoms with Crippen LogP contribution in [0.3, 0.4) is 0 Å². The summed E-state index contributed by atoms with van der Waals surface area (Å²) in [4.78, 5) is 13.5. The third kappa shape index (κ3) is 5.48. The van der Waals surface area contributed by atoms with Gasteiger partial charge < -0.3 is 19.5 Å². The molecule has 2 heterocycles. The molecule has 9 nitrogen and oxygen atoms in total. The molecular weight excluding hydrogens is 597 g/mol. The SMILES string of the molecule is COc1cc(C2C(C(=O)OC3CCCCC3)=C(C)Nc3nnnn32)cc(Br)c1OCc1ccc(Cl)cc1Cl. The number of esters is 1. The normalized spacial score (nSPS) is 17.6. The summed E-state index contributed by atoms with van der Waals surface area (Å²) in [6.45, 7) is 2.02. The van der Waals surface area contributed by atoms with Crippen molar-refractivity contribution < 1.29 is 19.0 Å². The molecule has 0 spiro atoms. The highest BCUT2D eigenvalue weighted by Gasteiger charge is 2.37. The summed E-state index contributed by atoms with van der Waals surface area (Å²) in [7, 11) is 1.55. The fraction of sp³-hybridized carbons (Fsp3) is 0.385. The zero-order valence-corrected chi connectivity index (χ0v) is 23.9. The Morgan fingerprint density at radius 3 is 2.71 bits per heavy atom. The number of ether oxygens (including phenoxy) is 3. The number of hydrogen-bond donors (Lipinski definition) is 1. The zero-order chi connectivity index (χ0) is 26.8. The third-order valence-electron chi connectivity index (χ3n) is 6.71. The summed E-state index contributed by atoms with van der Waals surface area (Å²) < 4.78 is 19.9. The fourth-order valence-electron chi connectivity index (χ4n) is 4.81. The van der Waals surface area contributed by atoms with Crippen LogP contribution in [-0.2, 0) is 16.1 Å². The van der Waals surface area contributed by atoms with Crippen LogP contribution in [0, 0.1) is 0 Å². The van der Waals surface area contributed by atoms with E-state index < -0.39 is 6.04 Å². The lowest BCUT2D eigenvalue weighted by Crippen LogP contribution is -2.32. The molecule has 1 saturated carbocycles. The van der Waals surface area contributed by atoms with Gasteiger partial charge in [0.05, 0.1) is 17.2 Å². The van der Waals surface area contributed by atoms with E-state index in [9.17, 15) is 4.79 Å². The summed E-state index contributed by atoms with van der Waals surface area (Å²) in [5, 5.41) is 16.2. The molecule has 1 N–H and O–H groups in total. The summed E-state index contributed by atoms with van der Waals surface area (Å²) in [6, 6.07) is 8.27. The topological polar surface area (TPSA) is 100 Å². The smallest absolute Gasteiger partial charge is 0.338 e. The van der Waals surface area contributed by atoms with Gasteiger partial charge in [0.25, 0.3) is 0 Å². The van der Waals surface area contributed by atoms with Gasteiger partial charge in [0, 0.05) is 21.3 Å². The van der Waals surface area contributed by atoms with Crippen molar-refractivity contribution in [1.82, 2.24) is 20.2 Å². The van der Waals surface area contributed by atoms with E-state index >= 15 is 0 Å². The van der Waals surface area contributed by atoms with Gasteiger partial charge in [-0.2, -0.15) is 4.68 Å². The maximum atomic E-state index is 13.5. The number of hydrogen-bond acceptors (Lipinski definition) is 8. The molecule has 1 unspecified atom stereocenters. The largest absolute Gasteiger partial charge is 0.493 e. The Bertz CT molecular complexity index is 1390. The van der Waals surface area contributed by atoms with Gasteiger partial charge in [0.15, 0.2) is 11.5 Å². The van der Waals surface area contributed by atoms with Gasteiger partial charge >= 0.3 is 5.97 Å². The summed E-state index contributed by atoms with van der Waals surface area (Å²) in [5.41, 5.74) is 2.56. The highest BCUT2D eigenvalue weighted by atomic mass is 79.9. The van der Waals surface area contributed by atoms with Gasteiger partial charge in [-0.15, -0.1) is 0 Å². The third-order valence-corrected chi connectivity index (χ3v) is 7.89. The second-order valence-corrected chi connectivity index (χ2v) is 10.9. The molecule has 12 heteroatoms. The average Bonchev–Trinajstić information content (AvgIpc) is 3.36. The van der Waals surface area contributed by atoms with Crippen LogP contribution in [0.2, 0.25) is 10.0 Å². The quantitative estimate of drug-likeness (QED) is 0.298. The molecule has 0 bridgehead atoms. The predicted molar refractivity (Wildman–Crippen MR) is 147 cm³/mol. The number of nitrogens with zero attached hydrogens (tertiary/aromatic N) is 4. The van der Waals surface area contributed by atoms with Crippen molar-refractivity contribution in [2.24, 2.45) is 0 Å². The Morgan fingerprint density at radius 2 is 1.97 bits per heavy atom. The van der Waals surface area contributed by atoms with Crippen LogP contribution in [0.25, 0.3) is 0 Å². The Hall–Kier alpha value is -2.82. The van der Waals surface area contributed by atoms with Crippen molar-refractivity contribution in [3.05, 3.63) is 67.2 Å². The number of tetrazole rings is 1. The molecule has 1 fully saturated rings. The molecule has 1 aromatic heterocycles. The first-order valence-electron chi connectivity index (χ1n) is 12.3. The van der Waals surface area contributed by atoms with E-state index in [-0.39, 0.29) is 18.7 Å². The molecule has 1 aliphatic heterocycles. The molecule has 0 saturated heterocycles. The van der Waals surface area contributed by atoms with Crippen molar-refractivity contribution >= 4 is 51.0 Å². The van der Waals surface area contributed by atoms with Crippen molar-refractivity contribution in [2.45, 2.75) is 57.8 Å². The number of nitrogens with one attached hydrogen (secondary N) is 1. The molecule has 2 aliphatic rings. The number of methoxy groups -OCH3 is 1. The van der Waals surface area contributed by atoms with Crippen molar-refractivity contribution in [1.29, 1.82) is 0 Å². The zero-order valence-electron chi connectivity index (χ0n) is 20.8. The summed E-state index contributed by atoms with van der Waals surface area (Å²) in [6.07, 6.45) is 4.93. The first-order chi connectivity index (χ1) is 18.4. The number of rotatable bonds is 7. The predicted octanol–water partition coefficient (Wildman–Crippen LogP) is 6.49. The molecular formula is C26H26BrCl2N5O4. The van der Waals surface area contributed by atoms with E-state index in [1.54, 1.807) is 23.9 Å². The number of aromatic nitrogens is 4. The lowest BCUT2D eigenvalue weighted by molar-refractivity contribution is -0.146. The first kappa shape index (κ1) is 26.8. The van der Waals surface area contributed by atoms with Crippen molar-refractivity contribution in [3.63, 3.8) is 0 Å². The van der Waals surface area contributed by atoms with Gasteiger partial charge in [0.1, 0.15) is 18.8 Å². The second kappa shape index (κ2) is 11.5. The van der Waals surface area contributed by atoms with Crippen LogP contribution in [0.4, 0.5) is 5.95 Å². The van der Waals surface area contributed by atoms with Gasteiger partial charge in [-0.1, -0.05) is 40.8 Å². The average molecular weight is 623 g/mol. The van der Waals surface area contributed by atoms with Crippen LogP contribution in [0.5, 0.6) is 11.5 Å². The number of anilines is 1. The standard InChI is InChI=1S/C26H26BrCl2N5O4/c1-14-22(25(35)38-18-6-4-3-5-7-18)23(34-26(30-14)31-32-33-34)16-10-19(27)24(21(11-16)36-2)37-13-15-8-9-17(28)12-20(15)29/h8-12,18,23H,3-7,13H2,1-2H3,(H,30,31,33). The fourth-order valence-corrected chi connectivity index (χ4v) is 5.85. The number of carbonyl (C=O) groups excluding carboxylic acids is 1. The molecule has 1 aliphatic carbocycles. The molecule has 2 aromatic carbocycles. The minimum atomic E-state index is -0.637. The Balaban J connectivity index is 1.48. The minimum absolute atomic E-state index is 0.0933. The van der Waals surface area contributed by atoms with Crippen LogP contribution in [0.15, 0.2) is 46.1 Å². The Morgan fingerprint density at radius 1 is 1.18 bits per heavy atom. The van der Waals surface area contributed by atoms with Crippen LogP contribution in [0.1, 0.15) is 56.2 Å². The monoisotopic (exact) mass is 621 g/mol. The van der Waals surface area contributed by atoms with E-state index in [4.69, 9.17) is 37.4 Å². The highest BCUT2D eigenvalue weighted by molar-refractivity contribution is 9.10. The van der Waals surface area contributed by atoms with Crippen LogP contribution in [-0.4, -0.2) is 39.4 Å². The van der Waals surface area contributed by atoms with Gasteiger partial charge in [-0.3, -0.25) is 0 Å². The maximum Gasteiger partial charge on any atom is 0.338 e. The number of allylic oxidation sites excluding steroid dienone is 1. The Kier molecular flexibility index (Phi) is 8.11. The van der Waals surface area contributed by atoms with E-state index in [0.29, 0.717) is 43.2 Å². The number of fused-ring (bicyclic) bond motifs is 1. The summed E-state index contributed by atoms with van der Waals surface area (Å²) >= 11 is 16.0. The lowest BCUT2D eigenvalue weighted by Gasteiger charge is -2.30. The molecule has 3 aromatic rings. The number of halogens is 3. The van der Waals surface area contributed by atoms with Crippen LogP contribution >= 0.6 is 39.1 Å². The molecule has 1 atom stereocenters. The van der Waals surface area contributed by atoms with Gasteiger partial charge in [0.2, 0.25) is 5.95 Å². The highest BCUT2D eigenvalue weighted by Crippen LogP contribution is 2.43. The molecule has 0 radical (unpaired) electrons. The second-order valence-electron chi connectivity index (χ2n) is 9.24. The van der Waals surface area contributed by atoms with E-state index in [1.807, 2.05) is 25.1 Å². The minimum Gasteiger partial charge on any atom is -0.493 e.